The molecule has 2 heterocycles. The number of nitrogens with zero attached hydrogens (tertiary/aromatic N) is 1. The van der Waals surface area contributed by atoms with Crippen LogP contribution in [-0.2, 0) is 6.54 Å². The molecule has 0 spiro atoms. The number of hydrogen-bond acceptors (Lipinski definition) is 3. The summed E-state index contributed by atoms with van der Waals surface area (Å²) in [6.45, 7) is 4.08. The molecule has 94 valence electrons. The third-order valence-electron chi connectivity index (χ3n) is 2.77. The first kappa shape index (κ1) is 12.8. The minimum atomic E-state index is -0.185. The van der Waals surface area contributed by atoms with E-state index in [1.165, 1.54) is 6.92 Å². The van der Waals surface area contributed by atoms with E-state index in [0.29, 0.717) is 6.54 Å². The number of carbonyl (C=O) groups excluding carboxylic acids is 1. The number of ketones is 1. The summed E-state index contributed by atoms with van der Waals surface area (Å²) in [5.41, 5.74) is 0.973. The van der Waals surface area contributed by atoms with Crippen molar-refractivity contribution in [2.24, 2.45) is 0 Å². The highest BCUT2D eigenvalue weighted by Gasteiger charge is 2.12. The van der Waals surface area contributed by atoms with E-state index in [2.05, 4.69) is 0 Å². The van der Waals surface area contributed by atoms with Crippen LogP contribution in [0.5, 0.6) is 0 Å². The smallest absolute Gasteiger partial charge is 0.261 e. The van der Waals surface area contributed by atoms with E-state index in [0.717, 1.165) is 17.0 Å². The Morgan fingerprint density at radius 3 is 2.67 bits per heavy atom. The lowest BCUT2D eigenvalue weighted by molar-refractivity contribution is 0.101. The predicted octanol–water partition coefficient (Wildman–Crippen LogP) is 3.19. The SMILES string of the molecule is CCCn1c(-c2cccs2)ccc(C(C)=O)c1=O. The molecule has 0 unspecified atom stereocenters. The van der Waals surface area contributed by atoms with Gasteiger partial charge >= 0.3 is 0 Å². The van der Waals surface area contributed by atoms with Gasteiger partial charge in [-0.2, -0.15) is 0 Å². The first-order chi connectivity index (χ1) is 8.65. The number of hydrogen-bond donors (Lipinski definition) is 0. The number of thiophene rings is 1. The molecule has 3 nitrogen and oxygen atoms in total. The number of Topliss-reactive ketones (excluding diaryl/α,β-unsaturated/α-hetero) is 1. The van der Waals surface area contributed by atoms with Gasteiger partial charge in [0.15, 0.2) is 5.78 Å². The lowest BCUT2D eigenvalue weighted by atomic mass is 10.1. The predicted molar refractivity (Wildman–Crippen MR) is 74.3 cm³/mol. The van der Waals surface area contributed by atoms with E-state index < -0.39 is 0 Å². The van der Waals surface area contributed by atoms with E-state index in [9.17, 15) is 9.59 Å². The zero-order valence-corrected chi connectivity index (χ0v) is 11.3. The molecule has 0 amide bonds. The number of carbonyl (C=O) groups is 1. The highest BCUT2D eigenvalue weighted by molar-refractivity contribution is 7.13. The van der Waals surface area contributed by atoms with E-state index in [1.54, 1.807) is 22.0 Å². The van der Waals surface area contributed by atoms with Gasteiger partial charge in [0.05, 0.1) is 16.1 Å². The maximum Gasteiger partial charge on any atom is 0.261 e. The Kier molecular flexibility index (Phi) is 3.77. The molecule has 0 radical (unpaired) electrons. The summed E-state index contributed by atoms with van der Waals surface area (Å²) in [6, 6.07) is 7.43. The number of rotatable bonds is 4. The van der Waals surface area contributed by atoms with Crippen LogP contribution in [0.2, 0.25) is 0 Å². The third kappa shape index (κ3) is 2.29. The second-order valence-corrected chi connectivity index (χ2v) is 5.07. The molecule has 18 heavy (non-hydrogen) atoms. The first-order valence-corrected chi connectivity index (χ1v) is 6.81. The maximum atomic E-state index is 12.3. The molecule has 0 atom stereocenters. The molecule has 0 saturated carbocycles. The lowest BCUT2D eigenvalue weighted by Crippen LogP contribution is -2.26. The summed E-state index contributed by atoms with van der Waals surface area (Å²) in [6.07, 6.45) is 0.861. The van der Waals surface area contributed by atoms with Crippen molar-refractivity contribution in [3.8, 4) is 10.6 Å². The van der Waals surface area contributed by atoms with Gasteiger partial charge in [-0.3, -0.25) is 9.59 Å². The molecule has 0 aliphatic rings. The first-order valence-electron chi connectivity index (χ1n) is 5.93. The van der Waals surface area contributed by atoms with Crippen LogP contribution < -0.4 is 5.56 Å². The van der Waals surface area contributed by atoms with Crippen molar-refractivity contribution in [1.29, 1.82) is 0 Å². The quantitative estimate of drug-likeness (QED) is 0.793. The average Bonchev–Trinajstić information content (AvgIpc) is 2.84. The molecule has 0 saturated heterocycles. The average molecular weight is 261 g/mol. The molecular weight excluding hydrogens is 246 g/mol. The van der Waals surface area contributed by atoms with Gasteiger partial charge in [0.2, 0.25) is 0 Å². The van der Waals surface area contributed by atoms with Crippen molar-refractivity contribution in [2.45, 2.75) is 26.8 Å². The van der Waals surface area contributed by atoms with Crippen molar-refractivity contribution in [2.75, 3.05) is 0 Å². The van der Waals surface area contributed by atoms with Crippen molar-refractivity contribution < 1.29 is 4.79 Å². The Balaban J connectivity index is 2.65. The molecular formula is C14H15NO2S. The normalized spacial score (nSPS) is 10.6. The summed E-state index contributed by atoms with van der Waals surface area (Å²) in [4.78, 5) is 24.7. The van der Waals surface area contributed by atoms with E-state index in [1.807, 2.05) is 30.5 Å². The van der Waals surface area contributed by atoms with Crippen LogP contribution in [0.4, 0.5) is 0 Å². The second-order valence-electron chi connectivity index (χ2n) is 4.12. The molecule has 0 bridgehead atoms. The zero-order valence-electron chi connectivity index (χ0n) is 10.5. The van der Waals surface area contributed by atoms with Gasteiger partial charge in [0.1, 0.15) is 0 Å². The minimum absolute atomic E-state index is 0.178. The Morgan fingerprint density at radius 1 is 1.33 bits per heavy atom. The van der Waals surface area contributed by atoms with Crippen LogP contribution in [0.15, 0.2) is 34.4 Å². The summed E-state index contributed by atoms with van der Waals surface area (Å²) in [5.74, 6) is -0.178. The fourth-order valence-corrected chi connectivity index (χ4v) is 2.69. The fraction of sp³-hybridized carbons (Fsp3) is 0.286. The van der Waals surface area contributed by atoms with Crippen molar-refractivity contribution in [3.63, 3.8) is 0 Å². The van der Waals surface area contributed by atoms with Gasteiger partial charge in [-0.25, -0.2) is 0 Å². The van der Waals surface area contributed by atoms with E-state index >= 15 is 0 Å². The molecule has 2 aromatic rings. The van der Waals surface area contributed by atoms with Gasteiger partial charge < -0.3 is 4.57 Å². The van der Waals surface area contributed by atoms with Crippen LogP contribution in [0.1, 0.15) is 30.6 Å². The lowest BCUT2D eigenvalue weighted by Gasteiger charge is -2.11. The largest absolute Gasteiger partial charge is 0.307 e. The van der Waals surface area contributed by atoms with E-state index in [-0.39, 0.29) is 16.9 Å². The number of pyridine rings is 1. The Labute approximate surface area is 110 Å². The molecule has 2 aromatic heterocycles. The Bertz CT molecular complexity index is 611. The summed E-state index contributed by atoms with van der Waals surface area (Å²) in [5, 5.41) is 1.98. The Morgan fingerprint density at radius 2 is 2.11 bits per heavy atom. The molecule has 0 fully saturated rings. The monoisotopic (exact) mass is 261 g/mol. The minimum Gasteiger partial charge on any atom is -0.307 e. The van der Waals surface area contributed by atoms with Crippen molar-refractivity contribution >= 4 is 17.1 Å². The van der Waals surface area contributed by atoms with Crippen LogP contribution >= 0.6 is 11.3 Å². The summed E-state index contributed by atoms with van der Waals surface area (Å²) < 4.78 is 1.70. The third-order valence-corrected chi connectivity index (χ3v) is 3.67. The van der Waals surface area contributed by atoms with Crippen LogP contribution in [-0.4, -0.2) is 10.4 Å². The highest BCUT2D eigenvalue weighted by Crippen LogP contribution is 2.24. The second kappa shape index (κ2) is 5.31. The fourth-order valence-electron chi connectivity index (χ4n) is 1.93. The molecule has 0 N–H and O–H groups in total. The molecule has 4 heteroatoms. The molecule has 0 aliphatic heterocycles. The zero-order chi connectivity index (χ0) is 13.1. The van der Waals surface area contributed by atoms with Crippen LogP contribution in [0, 0.1) is 0 Å². The van der Waals surface area contributed by atoms with Gasteiger partial charge in [0.25, 0.3) is 5.56 Å². The van der Waals surface area contributed by atoms with Crippen molar-refractivity contribution in [3.05, 3.63) is 45.6 Å². The summed E-state index contributed by atoms with van der Waals surface area (Å²) in [7, 11) is 0. The van der Waals surface area contributed by atoms with Gasteiger partial charge in [-0.1, -0.05) is 13.0 Å². The van der Waals surface area contributed by atoms with Crippen LogP contribution in [0.3, 0.4) is 0 Å². The summed E-state index contributed by atoms with van der Waals surface area (Å²) >= 11 is 1.59. The molecule has 0 aliphatic carbocycles. The van der Waals surface area contributed by atoms with Crippen molar-refractivity contribution in [1.82, 2.24) is 4.57 Å². The van der Waals surface area contributed by atoms with Crippen LogP contribution in [0.25, 0.3) is 10.6 Å². The van der Waals surface area contributed by atoms with E-state index in [4.69, 9.17) is 0 Å². The molecule has 2 rings (SSSR count). The van der Waals surface area contributed by atoms with Gasteiger partial charge in [-0.15, -0.1) is 11.3 Å². The van der Waals surface area contributed by atoms with Gasteiger partial charge in [-0.05, 0) is 36.9 Å². The van der Waals surface area contributed by atoms with Gasteiger partial charge in [0, 0.05) is 6.54 Å². The maximum absolute atomic E-state index is 12.3. The number of aromatic nitrogens is 1. The standard InChI is InChI=1S/C14H15NO2S/c1-3-8-15-12(13-5-4-9-18-13)7-6-11(10(2)16)14(15)17/h4-7,9H,3,8H2,1-2H3. The highest BCUT2D eigenvalue weighted by atomic mass is 32.1. The Hall–Kier alpha value is -1.68. The topological polar surface area (TPSA) is 39.1 Å². The molecule has 0 aromatic carbocycles.